The van der Waals surface area contributed by atoms with Crippen LogP contribution in [-0.4, -0.2) is 29.9 Å². The number of hydrogen-bond donors (Lipinski definition) is 1. The lowest BCUT2D eigenvalue weighted by Crippen LogP contribution is -2.54. The van der Waals surface area contributed by atoms with E-state index in [1.54, 1.807) is 6.07 Å². The van der Waals surface area contributed by atoms with Crippen LogP contribution in [0.1, 0.15) is 57.6 Å². The molecule has 34 heavy (non-hydrogen) atoms. The number of nitrogens with zero attached hydrogens (tertiary/aromatic N) is 2. The van der Waals surface area contributed by atoms with Gasteiger partial charge >= 0.3 is 6.03 Å². The molecule has 4 rings (SSSR count). The maximum Gasteiger partial charge on any atom is 0.335 e. The van der Waals surface area contributed by atoms with Crippen LogP contribution < -0.4 is 15.1 Å². The third-order valence-corrected chi connectivity index (χ3v) is 6.42. The summed E-state index contributed by atoms with van der Waals surface area (Å²) < 4.78 is 29.0. The number of carbonyl (C=O) groups is 3. The Morgan fingerprint density at radius 2 is 1.88 bits per heavy atom. The molecule has 178 valence electrons. The SMILES string of the molecule is CCCN1c2cc(F)c(/C=C3/C(=O)NC(=O)N(c4cccc(F)c4)C3=O)cc2C(C)CC1(C)C. The predicted molar refractivity (Wildman–Crippen MR) is 127 cm³/mol. The highest BCUT2D eigenvalue weighted by Crippen LogP contribution is 2.44. The fourth-order valence-electron chi connectivity index (χ4n) is 4.94. The summed E-state index contributed by atoms with van der Waals surface area (Å²) >= 11 is 0. The number of rotatable bonds is 4. The van der Waals surface area contributed by atoms with E-state index in [2.05, 4.69) is 37.9 Å². The van der Waals surface area contributed by atoms with Gasteiger partial charge in [0, 0.05) is 23.3 Å². The third kappa shape index (κ3) is 4.08. The molecule has 0 radical (unpaired) electrons. The van der Waals surface area contributed by atoms with Gasteiger partial charge in [0.05, 0.1) is 5.69 Å². The second-order valence-electron chi connectivity index (χ2n) is 9.44. The van der Waals surface area contributed by atoms with Crippen molar-refractivity contribution >= 4 is 35.3 Å². The summed E-state index contributed by atoms with van der Waals surface area (Å²) in [4.78, 5) is 40.8. The molecule has 1 N–H and O–H groups in total. The maximum atomic E-state index is 15.3. The van der Waals surface area contributed by atoms with E-state index >= 15 is 4.39 Å². The smallest absolute Gasteiger partial charge is 0.335 e. The Balaban J connectivity index is 1.78. The minimum absolute atomic E-state index is 0.0297. The molecule has 1 unspecified atom stereocenters. The Kier molecular flexibility index (Phi) is 6.02. The first kappa shape index (κ1) is 23.6. The van der Waals surface area contributed by atoms with E-state index < -0.39 is 35.1 Å². The van der Waals surface area contributed by atoms with Crippen molar-refractivity contribution in [1.29, 1.82) is 0 Å². The van der Waals surface area contributed by atoms with Gasteiger partial charge in [-0.15, -0.1) is 0 Å². The molecule has 6 nitrogen and oxygen atoms in total. The van der Waals surface area contributed by atoms with E-state index in [0.717, 1.165) is 42.8 Å². The van der Waals surface area contributed by atoms with Gasteiger partial charge in [0.25, 0.3) is 11.8 Å². The monoisotopic (exact) mass is 467 g/mol. The van der Waals surface area contributed by atoms with E-state index in [1.165, 1.54) is 24.3 Å². The number of amides is 4. The van der Waals surface area contributed by atoms with Crippen LogP contribution >= 0.6 is 0 Å². The molecule has 4 amide bonds. The lowest BCUT2D eigenvalue weighted by molar-refractivity contribution is -0.122. The van der Waals surface area contributed by atoms with Crippen molar-refractivity contribution in [2.45, 2.75) is 52.0 Å². The van der Waals surface area contributed by atoms with Gasteiger partial charge in [0.1, 0.15) is 17.2 Å². The van der Waals surface area contributed by atoms with Gasteiger partial charge < -0.3 is 4.90 Å². The minimum Gasteiger partial charge on any atom is -0.366 e. The van der Waals surface area contributed by atoms with Gasteiger partial charge in [-0.3, -0.25) is 14.9 Å². The second kappa shape index (κ2) is 8.66. The van der Waals surface area contributed by atoms with E-state index in [1.807, 2.05) is 0 Å². The molecule has 2 aromatic carbocycles. The Morgan fingerprint density at radius 1 is 1.15 bits per heavy atom. The molecule has 0 bridgehead atoms. The molecular weight excluding hydrogens is 440 g/mol. The molecule has 0 aromatic heterocycles. The molecule has 1 fully saturated rings. The van der Waals surface area contributed by atoms with Crippen LogP contribution in [0.3, 0.4) is 0 Å². The zero-order valence-electron chi connectivity index (χ0n) is 19.6. The van der Waals surface area contributed by atoms with Gasteiger partial charge in [-0.05, 0) is 74.6 Å². The summed E-state index contributed by atoms with van der Waals surface area (Å²) in [6.45, 7) is 9.19. The summed E-state index contributed by atoms with van der Waals surface area (Å²) in [5, 5.41) is 2.08. The number of barbiturate groups is 1. The highest BCUT2D eigenvalue weighted by atomic mass is 19.1. The lowest BCUT2D eigenvalue weighted by atomic mass is 9.79. The van der Waals surface area contributed by atoms with Crippen LogP contribution in [0.2, 0.25) is 0 Å². The molecule has 1 atom stereocenters. The molecule has 2 aliphatic heterocycles. The molecule has 0 aliphatic carbocycles. The molecular formula is C26H27F2N3O3. The maximum absolute atomic E-state index is 15.3. The second-order valence-corrected chi connectivity index (χ2v) is 9.44. The van der Waals surface area contributed by atoms with Crippen molar-refractivity contribution in [2.24, 2.45) is 0 Å². The van der Waals surface area contributed by atoms with Crippen molar-refractivity contribution in [3.05, 3.63) is 64.7 Å². The van der Waals surface area contributed by atoms with Crippen molar-refractivity contribution in [2.75, 3.05) is 16.3 Å². The predicted octanol–water partition coefficient (Wildman–Crippen LogP) is 5.13. The highest BCUT2D eigenvalue weighted by molar-refractivity contribution is 6.39. The topological polar surface area (TPSA) is 69.7 Å². The van der Waals surface area contributed by atoms with Crippen LogP contribution in [0.25, 0.3) is 6.08 Å². The number of fused-ring (bicyclic) bond motifs is 1. The number of imide groups is 2. The zero-order chi connectivity index (χ0) is 24.8. The minimum atomic E-state index is -0.991. The first-order valence-electron chi connectivity index (χ1n) is 11.3. The van der Waals surface area contributed by atoms with E-state index in [4.69, 9.17) is 0 Å². The number of hydrogen-bond acceptors (Lipinski definition) is 4. The van der Waals surface area contributed by atoms with E-state index in [9.17, 15) is 18.8 Å². The Hall–Kier alpha value is -3.55. The quantitative estimate of drug-likeness (QED) is 0.500. The van der Waals surface area contributed by atoms with E-state index in [-0.39, 0.29) is 22.7 Å². The van der Waals surface area contributed by atoms with Gasteiger partial charge in [-0.1, -0.05) is 19.9 Å². The number of benzene rings is 2. The highest BCUT2D eigenvalue weighted by Gasteiger charge is 2.39. The molecule has 2 aliphatic rings. The van der Waals surface area contributed by atoms with Crippen LogP contribution in [-0.2, 0) is 9.59 Å². The summed E-state index contributed by atoms with van der Waals surface area (Å²) in [5.41, 5.74) is 1.24. The fourth-order valence-corrected chi connectivity index (χ4v) is 4.94. The lowest BCUT2D eigenvalue weighted by Gasteiger charge is -2.47. The van der Waals surface area contributed by atoms with Crippen molar-refractivity contribution in [3.63, 3.8) is 0 Å². The van der Waals surface area contributed by atoms with Gasteiger partial charge in [0.15, 0.2) is 0 Å². The van der Waals surface area contributed by atoms with Crippen molar-refractivity contribution in [1.82, 2.24) is 5.32 Å². The Bertz CT molecular complexity index is 1220. The first-order chi connectivity index (χ1) is 16.0. The zero-order valence-corrected chi connectivity index (χ0v) is 19.6. The summed E-state index contributed by atoms with van der Waals surface area (Å²) in [6.07, 6.45) is 2.93. The summed E-state index contributed by atoms with van der Waals surface area (Å²) in [7, 11) is 0. The molecule has 0 spiro atoms. The average Bonchev–Trinajstić information content (AvgIpc) is 2.74. The number of nitrogens with one attached hydrogen (secondary N) is 1. The molecule has 2 aromatic rings. The fraction of sp³-hybridized carbons (Fsp3) is 0.346. The van der Waals surface area contributed by atoms with Crippen LogP contribution in [0.5, 0.6) is 0 Å². The largest absolute Gasteiger partial charge is 0.366 e. The van der Waals surface area contributed by atoms with Gasteiger partial charge in [-0.2, -0.15) is 0 Å². The number of urea groups is 1. The molecule has 2 heterocycles. The van der Waals surface area contributed by atoms with Crippen LogP contribution in [0.15, 0.2) is 42.0 Å². The standard InChI is InChI=1S/C26H27F2N3O3/c1-5-9-30-22-13-21(28)16(10-19(22)15(2)14-26(30,3)4)11-20-23(32)29-25(34)31(24(20)33)18-8-6-7-17(27)12-18/h6-8,10-13,15H,5,9,14H2,1-4H3,(H,29,32,34)/b20-11-. The van der Waals surface area contributed by atoms with Gasteiger partial charge in [-0.25, -0.2) is 18.5 Å². The summed E-state index contributed by atoms with van der Waals surface area (Å²) in [5.74, 6) is -2.96. The molecule has 8 heteroatoms. The number of carbonyl (C=O) groups excluding carboxylic acids is 3. The number of halogens is 2. The molecule has 0 saturated carbocycles. The van der Waals surface area contributed by atoms with E-state index in [0.29, 0.717) is 4.90 Å². The Morgan fingerprint density at radius 3 is 2.56 bits per heavy atom. The summed E-state index contributed by atoms with van der Waals surface area (Å²) in [6, 6.07) is 7.03. The Labute approximate surface area is 197 Å². The number of anilines is 2. The van der Waals surface area contributed by atoms with Crippen LogP contribution in [0.4, 0.5) is 25.0 Å². The normalized spacial score (nSPS) is 21.1. The van der Waals surface area contributed by atoms with Crippen molar-refractivity contribution < 1.29 is 23.2 Å². The van der Waals surface area contributed by atoms with Crippen LogP contribution in [0, 0.1) is 11.6 Å². The average molecular weight is 468 g/mol. The van der Waals surface area contributed by atoms with Crippen molar-refractivity contribution in [3.8, 4) is 0 Å². The van der Waals surface area contributed by atoms with Gasteiger partial charge in [0.2, 0.25) is 0 Å². The first-order valence-corrected chi connectivity index (χ1v) is 11.3. The molecule has 1 saturated heterocycles. The third-order valence-electron chi connectivity index (χ3n) is 6.42.